The van der Waals surface area contributed by atoms with Crippen LogP contribution < -0.4 is 4.74 Å². The zero-order valence-electron chi connectivity index (χ0n) is 16.0. The van der Waals surface area contributed by atoms with Crippen LogP contribution in [-0.4, -0.2) is 48.5 Å². The van der Waals surface area contributed by atoms with Crippen molar-refractivity contribution < 1.29 is 13.9 Å². The van der Waals surface area contributed by atoms with Crippen molar-refractivity contribution in [3.05, 3.63) is 54.0 Å². The average molecular weight is 356 g/mol. The van der Waals surface area contributed by atoms with Crippen LogP contribution in [-0.2, 0) is 6.54 Å². The van der Waals surface area contributed by atoms with Crippen LogP contribution >= 0.6 is 0 Å². The summed E-state index contributed by atoms with van der Waals surface area (Å²) in [4.78, 5) is 17.5. The van der Waals surface area contributed by atoms with Crippen LogP contribution in [0.1, 0.15) is 36.4 Å². The van der Waals surface area contributed by atoms with Crippen LogP contribution in [0.25, 0.3) is 0 Å². The molecular formula is C21H28N2O3. The Bertz CT molecular complexity index is 711. The molecule has 0 saturated carbocycles. The van der Waals surface area contributed by atoms with Crippen LogP contribution in [0.3, 0.4) is 0 Å². The number of likely N-dealkylation sites (tertiary alicyclic amines) is 1. The van der Waals surface area contributed by atoms with E-state index in [0.29, 0.717) is 24.3 Å². The molecule has 1 aromatic carbocycles. The maximum Gasteiger partial charge on any atom is 0.290 e. The van der Waals surface area contributed by atoms with Gasteiger partial charge in [-0.15, -0.1) is 0 Å². The molecule has 140 valence electrons. The minimum Gasteiger partial charge on any atom is -0.497 e. The Labute approximate surface area is 155 Å². The Morgan fingerprint density at radius 3 is 2.62 bits per heavy atom. The highest BCUT2D eigenvalue weighted by atomic mass is 16.5. The van der Waals surface area contributed by atoms with Crippen molar-refractivity contribution in [2.24, 2.45) is 5.92 Å². The predicted octanol–water partition coefficient (Wildman–Crippen LogP) is 3.66. The summed E-state index contributed by atoms with van der Waals surface area (Å²) < 4.78 is 10.6. The van der Waals surface area contributed by atoms with E-state index in [1.807, 2.05) is 29.2 Å². The molecule has 1 aliphatic heterocycles. The van der Waals surface area contributed by atoms with Crippen molar-refractivity contribution in [2.45, 2.75) is 38.9 Å². The van der Waals surface area contributed by atoms with Gasteiger partial charge < -0.3 is 19.0 Å². The van der Waals surface area contributed by atoms with Crippen molar-refractivity contribution in [3.63, 3.8) is 0 Å². The molecule has 1 aromatic heterocycles. The Kier molecular flexibility index (Phi) is 5.67. The van der Waals surface area contributed by atoms with E-state index >= 15 is 0 Å². The molecule has 1 aliphatic rings. The van der Waals surface area contributed by atoms with Gasteiger partial charge in [0.1, 0.15) is 5.75 Å². The second-order valence-electron chi connectivity index (χ2n) is 7.33. The smallest absolute Gasteiger partial charge is 0.290 e. The highest BCUT2D eigenvalue weighted by Crippen LogP contribution is 2.28. The van der Waals surface area contributed by atoms with E-state index in [1.165, 1.54) is 0 Å². The van der Waals surface area contributed by atoms with E-state index in [2.05, 4.69) is 25.8 Å². The first-order valence-corrected chi connectivity index (χ1v) is 9.17. The van der Waals surface area contributed by atoms with Crippen molar-refractivity contribution in [1.29, 1.82) is 0 Å². The lowest BCUT2D eigenvalue weighted by atomic mass is 9.88. The second-order valence-corrected chi connectivity index (χ2v) is 7.33. The first-order chi connectivity index (χ1) is 12.5. The van der Waals surface area contributed by atoms with Gasteiger partial charge >= 0.3 is 0 Å². The van der Waals surface area contributed by atoms with Gasteiger partial charge in [0, 0.05) is 25.2 Å². The molecule has 1 saturated heterocycles. The number of carbonyl (C=O) groups is 1. The van der Waals surface area contributed by atoms with Crippen molar-refractivity contribution in [2.75, 3.05) is 20.7 Å². The van der Waals surface area contributed by atoms with E-state index in [0.717, 1.165) is 24.3 Å². The average Bonchev–Trinajstić information content (AvgIpc) is 3.18. The molecule has 0 radical (unpaired) electrons. The Balaban J connectivity index is 1.87. The molecule has 5 heteroatoms. The summed E-state index contributed by atoms with van der Waals surface area (Å²) in [6, 6.07) is 12.0. The number of amides is 1. The van der Waals surface area contributed by atoms with Gasteiger partial charge in [-0.3, -0.25) is 4.79 Å². The van der Waals surface area contributed by atoms with E-state index in [4.69, 9.17) is 9.15 Å². The first-order valence-electron chi connectivity index (χ1n) is 9.17. The molecule has 26 heavy (non-hydrogen) atoms. The van der Waals surface area contributed by atoms with E-state index < -0.39 is 0 Å². The molecule has 5 nitrogen and oxygen atoms in total. The largest absolute Gasteiger partial charge is 0.497 e. The third-order valence-electron chi connectivity index (χ3n) is 5.47. The van der Waals surface area contributed by atoms with Gasteiger partial charge in [-0.1, -0.05) is 19.1 Å². The number of hydrogen-bond acceptors (Lipinski definition) is 4. The zero-order chi connectivity index (χ0) is 18.7. The molecule has 2 aromatic rings. The van der Waals surface area contributed by atoms with Gasteiger partial charge in [0.05, 0.1) is 13.4 Å². The van der Waals surface area contributed by atoms with Crippen LogP contribution in [0, 0.1) is 5.92 Å². The standard InChI is InChI=1S/C21H28N2O3/c1-15-13-22(3)16(2)12-19(15)23(21(24)20-6-5-11-26-20)14-17-7-9-18(25-4)10-8-17/h5-11,15-16,19H,12-14H2,1-4H3/t15-,16+,19+/m0/s1. The van der Waals surface area contributed by atoms with Gasteiger partial charge in [0.25, 0.3) is 5.91 Å². The van der Waals surface area contributed by atoms with Crippen LogP contribution in [0.4, 0.5) is 0 Å². The van der Waals surface area contributed by atoms with E-state index in [9.17, 15) is 4.79 Å². The number of benzene rings is 1. The third kappa shape index (κ3) is 3.93. The first kappa shape index (κ1) is 18.5. The fraction of sp³-hybridized carbons (Fsp3) is 0.476. The monoisotopic (exact) mass is 356 g/mol. The highest BCUT2D eigenvalue weighted by molar-refractivity contribution is 5.91. The number of ether oxygens (including phenoxy) is 1. The lowest BCUT2D eigenvalue weighted by molar-refractivity contribution is 0.0290. The van der Waals surface area contributed by atoms with Crippen molar-refractivity contribution in [3.8, 4) is 5.75 Å². The number of hydrogen-bond donors (Lipinski definition) is 0. The molecule has 3 rings (SSSR count). The normalized spacial score (nSPS) is 23.6. The number of nitrogens with zero attached hydrogens (tertiary/aromatic N) is 2. The number of rotatable bonds is 5. The summed E-state index contributed by atoms with van der Waals surface area (Å²) in [7, 11) is 3.81. The highest BCUT2D eigenvalue weighted by Gasteiger charge is 2.36. The third-order valence-corrected chi connectivity index (χ3v) is 5.47. The van der Waals surface area contributed by atoms with E-state index in [-0.39, 0.29) is 11.9 Å². The summed E-state index contributed by atoms with van der Waals surface area (Å²) in [5.41, 5.74) is 1.09. The quantitative estimate of drug-likeness (QED) is 0.820. The molecule has 0 bridgehead atoms. The van der Waals surface area contributed by atoms with Crippen LogP contribution in [0.15, 0.2) is 47.1 Å². The maximum atomic E-state index is 13.2. The number of furan rings is 1. The summed E-state index contributed by atoms with van der Waals surface area (Å²) in [6.45, 7) is 6.00. The maximum absolute atomic E-state index is 13.2. The minimum atomic E-state index is -0.0422. The van der Waals surface area contributed by atoms with Gasteiger partial charge in [-0.05, 0) is 56.1 Å². The van der Waals surface area contributed by atoms with Crippen molar-refractivity contribution in [1.82, 2.24) is 9.80 Å². The molecular weight excluding hydrogens is 328 g/mol. The lowest BCUT2D eigenvalue weighted by Crippen LogP contribution is -2.53. The number of piperidine rings is 1. The van der Waals surface area contributed by atoms with Gasteiger partial charge in [0.15, 0.2) is 5.76 Å². The molecule has 3 atom stereocenters. The van der Waals surface area contributed by atoms with Crippen LogP contribution in [0.2, 0.25) is 0 Å². The van der Waals surface area contributed by atoms with Crippen molar-refractivity contribution >= 4 is 5.91 Å². The molecule has 0 unspecified atom stereocenters. The molecule has 2 heterocycles. The molecule has 1 fully saturated rings. The number of carbonyl (C=O) groups excluding carboxylic acids is 1. The molecule has 0 N–H and O–H groups in total. The summed E-state index contributed by atoms with van der Waals surface area (Å²) >= 11 is 0. The Hall–Kier alpha value is -2.27. The molecule has 1 amide bonds. The predicted molar refractivity (Wildman–Crippen MR) is 101 cm³/mol. The minimum absolute atomic E-state index is 0.0422. The Morgan fingerprint density at radius 1 is 1.27 bits per heavy atom. The zero-order valence-corrected chi connectivity index (χ0v) is 16.0. The fourth-order valence-electron chi connectivity index (χ4n) is 3.76. The summed E-state index contributed by atoms with van der Waals surface area (Å²) in [5, 5.41) is 0. The van der Waals surface area contributed by atoms with E-state index in [1.54, 1.807) is 25.5 Å². The molecule has 0 aliphatic carbocycles. The topological polar surface area (TPSA) is 45.9 Å². The SMILES string of the molecule is COc1ccc(CN(C(=O)c2ccco2)[C@@H]2C[C@@H](C)N(C)C[C@@H]2C)cc1. The van der Waals surface area contributed by atoms with Crippen LogP contribution in [0.5, 0.6) is 5.75 Å². The second kappa shape index (κ2) is 7.96. The van der Waals surface area contributed by atoms with Gasteiger partial charge in [-0.2, -0.15) is 0 Å². The fourth-order valence-corrected chi connectivity index (χ4v) is 3.76. The summed E-state index contributed by atoms with van der Waals surface area (Å²) in [6.07, 6.45) is 2.51. The molecule has 0 spiro atoms. The Morgan fingerprint density at radius 2 is 2.00 bits per heavy atom. The number of methoxy groups -OCH3 is 1. The van der Waals surface area contributed by atoms with Gasteiger partial charge in [-0.25, -0.2) is 0 Å². The lowest BCUT2D eigenvalue weighted by Gasteiger charge is -2.44. The summed E-state index contributed by atoms with van der Waals surface area (Å²) in [5.74, 6) is 1.57. The van der Waals surface area contributed by atoms with Gasteiger partial charge in [0.2, 0.25) is 0 Å².